The SMILES string of the molecule is CC(C)(C)C(O)CN(C(=O)OCc1ccccc1)C1CC1. The normalized spacial score (nSPS) is 16.4. The molecule has 1 unspecified atom stereocenters. The van der Waals surface area contributed by atoms with Crippen molar-refractivity contribution < 1.29 is 14.6 Å². The average molecular weight is 291 g/mol. The van der Waals surface area contributed by atoms with Gasteiger partial charge in [0, 0.05) is 6.04 Å². The Labute approximate surface area is 126 Å². The summed E-state index contributed by atoms with van der Waals surface area (Å²) in [6, 6.07) is 9.86. The quantitative estimate of drug-likeness (QED) is 0.906. The lowest BCUT2D eigenvalue weighted by Crippen LogP contribution is -2.43. The van der Waals surface area contributed by atoms with Crippen LogP contribution in [0.4, 0.5) is 4.79 Å². The molecule has 0 radical (unpaired) electrons. The summed E-state index contributed by atoms with van der Waals surface area (Å²) in [5, 5.41) is 10.2. The van der Waals surface area contributed by atoms with Crippen molar-refractivity contribution in [2.45, 2.75) is 52.4 Å². The van der Waals surface area contributed by atoms with Gasteiger partial charge >= 0.3 is 6.09 Å². The Morgan fingerprint density at radius 1 is 1.33 bits per heavy atom. The van der Waals surface area contributed by atoms with E-state index >= 15 is 0 Å². The highest BCUT2D eigenvalue weighted by atomic mass is 16.6. The van der Waals surface area contributed by atoms with Gasteiger partial charge in [-0.05, 0) is 23.8 Å². The Bertz CT molecular complexity index is 463. The van der Waals surface area contributed by atoms with Gasteiger partial charge in [-0.1, -0.05) is 51.1 Å². The van der Waals surface area contributed by atoms with E-state index in [0.29, 0.717) is 6.54 Å². The summed E-state index contributed by atoms with van der Waals surface area (Å²) in [7, 11) is 0. The average Bonchev–Trinajstić information content (AvgIpc) is 3.26. The first-order valence-corrected chi connectivity index (χ1v) is 7.53. The van der Waals surface area contributed by atoms with Gasteiger partial charge in [0.05, 0.1) is 12.6 Å². The fraction of sp³-hybridized carbons (Fsp3) is 0.588. The Morgan fingerprint density at radius 2 is 1.95 bits per heavy atom. The van der Waals surface area contributed by atoms with E-state index in [1.165, 1.54) is 0 Å². The zero-order chi connectivity index (χ0) is 15.5. The fourth-order valence-electron chi connectivity index (χ4n) is 2.02. The Kier molecular flexibility index (Phi) is 4.88. The predicted octanol–water partition coefficient (Wildman–Crippen LogP) is 3.19. The van der Waals surface area contributed by atoms with Gasteiger partial charge in [0.2, 0.25) is 0 Å². The minimum absolute atomic E-state index is 0.227. The molecular weight excluding hydrogens is 266 g/mol. The van der Waals surface area contributed by atoms with Gasteiger partial charge in [0.25, 0.3) is 0 Å². The summed E-state index contributed by atoms with van der Waals surface area (Å²) >= 11 is 0. The highest BCUT2D eigenvalue weighted by molar-refractivity contribution is 5.68. The molecule has 0 bridgehead atoms. The fourth-order valence-corrected chi connectivity index (χ4v) is 2.02. The molecule has 1 aliphatic rings. The van der Waals surface area contributed by atoms with Crippen LogP contribution in [-0.4, -0.2) is 34.8 Å². The Morgan fingerprint density at radius 3 is 2.48 bits per heavy atom. The lowest BCUT2D eigenvalue weighted by Gasteiger charge is -2.31. The van der Waals surface area contributed by atoms with Crippen LogP contribution in [0.1, 0.15) is 39.2 Å². The van der Waals surface area contributed by atoms with Crippen molar-refractivity contribution in [3.8, 4) is 0 Å². The van der Waals surface area contributed by atoms with E-state index in [4.69, 9.17) is 4.74 Å². The topological polar surface area (TPSA) is 49.8 Å². The van der Waals surface area contributed by atoms with E-state index in [1.54, 1.807) is 4.90 Å². The number of amides is 1. The molecule has 1 aromatic carbocycles. The van der Waals surface area contributed by atoms with Crippen molar-refractivity contribution in [2.24, 2.45) is 5.41 Å². The number of carbonyl (C=O) groups excluding carboxylic acids is 1. The number of aliphatic hydroxyl groups excluding tert-OH is 1. The molecule has 1 fully saturated rings. The van der Waals surface area contributed by atoms with E-state index in [0.717, 1.165) is 18.4 Å². The standard InChI is InChI=1S/C17H25NO3/c1-17(2,3)15(19)11-18(14-9-10-14)16(20)21-12-13-7-5-4-6-8-13/h4-8,14-15,19H,9-12H2,1-3H3. The lowest BCUT2D eigenvalue weighted by molar-refractivity contribution is 0.0191. The second-order valence-corrected chi connectivity index (χ2v) is 6.81. The Balaban J connectivity index is 1.90. The van der Waals surface area contributed by atoms with Crippen LogP contribution in [0.5, 0.6) is 0 Å². The number of hydrogen-bond donors (Lipinski definition) is 1. The van der Waals surface area contributed by atoms with Gasteiger partial charge in [-0.15, -0.1) is 0 Å². The predicted molar refractivity (Wildman–Crippen MR) is 81.8 cm³/mol. The molecule has 0 spiro atoms. The Hall–Kier alpha value is -1.55. The number of hydrogen-bond acceptors (Lipinski definition) is 3. The highest BCUT2D eigenvalue weighted by Gasteiger charge is 2.37. The van der Waals surface area contributed by atoms with Crippen LogP contribution in [0, 0.1) is 5.41 Å². The first-order valence-electron chi connectivity index (χ1n) is 7.53. The molecule has 21 heavy (non-hydrogen) atoms. The molecule has 1 N–H and O–H groups in total. The smallest absolute Gasteiger partial charge is 0.410 e. The van der Waals surface area contributed by atoms with E-state index in [9.17, 15) is 9.90 Å². The van der Waals surface area contributed by atoms with Crippen LogP contribution in [-0.2, 0) is 11.3 Å². The van der Waals surface area contributed by atoms with Crippen molar-refractivity contribution in [3.63, 3.8) is 0 Å². The summed E-state index contributed by atoms with van der Waals surface area (Å²) < 4.78 is 5.38. The molecule has 1 aromatic rings. The second kappa shape index (κ2) is 6.48. The molecule has 4 heteroatoms. The van der Waals surface area contributed by atoms with Crippen molar-refractivity contribution in [2.75, 3.05) is 6.54 Å². The number of nitrogens with zero attached hydrogens (tertiary/aromatic N) is 1. The van der Waals surface area contributed by atoms with E-state index in [1.807, 2.05) is 51.1 Å². The highest BCUT2D eigenvalue weighted by Crippen LogP contribution is 2.30. The molecule has 4 nitrogen and oxygen atoms in total. The first kappa shape index (κ1) is 15.8. The van der Waals surface area contributed by atoms with E-state index in [2.05, 4.69) is 0 Å². The zero-order valence-corrected chi connectivity index (χ0v) is 13.1. The third-order valence-corrected chi connectivity index (χ3v) is 3.80. The molecule has 1 aliphatic carbocycles. The minimum atomic E-state index is -0.553. The van der Waals surface area contributed by atoms with Crippen molar-refractivity contribution in [1.29, 1.82) is 0 Å². The minimum Gasteiger partial charge on any atom is -0.445 e. The monoisotopic (exact) mass is 291 g/mol. The molecule has 1 amide bonds. The van der Waals surface area contributed by atoms with Gasteiger partial charge in [-0.2, -0.15) is 0 Å². The van der Waals surface area contributed by atoms with Gasteiger partial charge < -0.3 is 14.7 Å². The third kappa shape index (κ3) is 4.74. The lowest BCUT2D eigenvalue weighted by atomic mass is 9.89. The summed E-state index contributed by atoms with van der Waals surface area (Å²) in [5.74, 6) is 0. The van der Waals surface area contributed by atoms with Crippen molar-refractivity contribution >= 4 is 6.09 Å². The van der Waals surface area contributed by atoms with E-state index < -0.39 is 6.10 Å². The molecule has 0 saturated heterocycles. The number of rotatable bonds is 5. The molecule has 1 saturated carbocycles. The molecule has 1 atom stereocenters. The van der Waals surface area contributed by atoms with Gasteiger partial charge in [-0.3, -0.25) is 0 Å². The van der Waals surface area contributed by atoms with E-state index in [-0.39, 0.29) is 24.2 Å². The number of aliphatic hydroxyl groups is 1. The molecule has 0 aliphatic heterocycles. The van der Waals surface area contributed by atoms with Gasteiger partial charge in [0.1, 0.15) is 6.61 Å². The van der Waals surface area contributed by atoms with Crippen LogP contribution in [0.25, 0.3) is 0 Å². The van der Waals surface area contributed by atoms with Crippen molar-refractivity contribution in [3.05, 3.63) is 35.9 Å². The van der Waals surface area contributed by atoms with Crippen molar-refractivity contribution in [1.82, 2.24) is 4.90 Å². The molecule has 116 valence electrons. The van der Waals surface area contributed by atoms with Crippen LogP contribution in [0.3, 0.4) is 0 Å². The maximum Gasteiger partial charge on any atom is 0.410 e. The summed E-state index contributed by atoms with van der Waals surface area (Å²) in [4.78, 5) is 13.9. The molecule has 0 heterocycles. The maximum atomic E-state index is 12.3. The maximum absolute atomic E-state index is 12.3. The number of carbonyl (C=O) groups is 1. The summed E-state index contributed by atoms with van der Waals surface area (Å²) in [6.07, 6.45) is 1.11. The third-order valence-electron chi connectivity index (χ3n) is 3.80. The first-order chi connectivity index (χ1) is 9.88. The summed E-state index contributed by atoms with van der Waals surface area (Å²) in [6.45, 7) is 6.52. The van der Waals surface area contributed by atoms with Crippen LogP contribution < -0.4 is 0 Å². The zero-order valence-electron chi connectivity index (χ0n) is 13.1. The van der Waals surface area contributed by atoms with Crippen LogP contribution in [0.15, 0.2) is 30.3 Å². The largest absolute Gasteiger partial charge is 0.445 e. The molecular formula is C17H25NO3. The summed E-state index contributed by atoms with van der Waals surface area (Å²) in [5.41, 5.74) is 0.727. The van der Waals surface area contributed by atoms with Crippen LogP contribution in [0.2, 0.25) is 0 Å². The second-order valence-electron chi connectivity index (χ2n) is 6.81. The van der Waals surface area contributed by atoms with Crippen LogP contribution >= 0.6 is 0 Å². The molecule has 2 rings (SSSR count). The molecule has 0 aromatic heterocycles. The number of ether oxygens (including phenoxy) is 1. The number of benzene rings is 1. The van der Waals surface area contributed by atoms with Gasteiger partial charge in [-0.25, -0.2) is 4.79 Å². The van der Waals surface area contributed by atoms with Gasteiger partial charge in [0.15, 0.2) is 0 Å².